The Morgan fingerprint density at radius 1 is 1.35 bits per heavy atom. The minimum absolute atomic E-state index is 0.244. The topological polar surface area (TPSA) is 32.3 Å². The number of carbonyl (C=O) groups is 1. The van der Waals surface area contributed by atoms with Gasteiger partial charge in [-0.15, -0.1) is 11.3 Å². The summed E-state index contributed by atoms with van der Waals surface area (Å²) in [5.74, 6) is 0.895. The van der Waals surface area contributed by atoms with Crippen LogP contribution in [0.25, 0.3) is 0 Å². The van der Waals surface area contributed by atoms with Crippen molar-refractivity contribution in [3.05, 3.63) is 21.4 Å². The first kappa shape index (κ1) is 14.1. The molecule has 2 aliphatic rings. The molecular formula is C16H24N2OS. The molecule has 2 saturated heterocycles. The molecule has 3 rings (SSSR count). The number of thiophene rings is 1. The maximum Gasteiger partial charge on any atom is 0.263 e. The van der Waals surface area contributed by atoms with Crippen LogP contribution in [-0.4, -0.2) is 36.5 Å². The number of carbonyl (C=O) groups excluding carboxylic acids is 1. The lowest BCUT2D eigenvalue weighted by atomic mass is 9.89. The summed E-state index contributed by atoms with van der Waals surface area (Å²) in [5.41, 5.74) is 1.24. The van der Waals surface area contributed by atoms with Crippen molar-refractivity contribution in [3.63, 3.8) is 0 Å². The second-order valence-electron chi connectivity index (χ2n) is 6.21. The molecule has 0 aromatic carbocycles. The molecule has 0 bridgehead atoms. The van der Waals surface area contributed by atoms with Crippen LogP contribution < -0.4 is 5.32 Å². The van der Waals surface area contributed by atoms with Crippen LogP contribution in [0.15, 0.2) is 6.07 Å². The number of nitrogens with one attached hydrogen (secondary N) is 1. The summed E-state index contributed by atoms with van der Waals surface area (Å²) in [6, 6.07) is 2.69. The highest BCUT2D eigenvalue weighted by Crippen LogP contribution is 2.28. The van der Waals surface area contributed by atoms with E-state index in [0.717, 1.165) is 30.9 Å². The van der Waals surface area contributed by atoms with E-state index < -0.39 is 0 Å². The van der Waals surface area contributed by atoms with Crippen molar-refractivity contribution in [1.29, 1.82) is 0 Å². The molecule has 2 unspecified atom stereocenters. The van der Waals surface area contributed by atoms with Crippen LogP contribution in [0.2, 0.25) is 0 Å². The zero-order valence-corrected chi connectivity index (χ0v) is 13.3. The summed E-state index contributed by atoms with van der Waals surface area (Å²) in [7, 11) is 0. The highest BCUT2D eigenvalue weighted by atomic mass is 32.1. The first-order chi connectivity index (χ1) is 9.65. The fraction of sp³-hybridized carbons (Fsp3) is 0.688. The lowest BCUT2D eigenvalue weighted by Gasteiger charge is -2.35. The van der Waals surface area contributed by atoms with Gasteiger partial charge >= 0.3 is 0 Å². The molecule has 0 radical (unpaired) electrons. The van der Waals surface area contributed by atoms with Crippen molar-refractivity contribution in [2.24, 2.45) is 5.92 Å². The highest BCUT2D eigenvalue weighted by Gasteiger charge is 2.31. The average molecular weight is 292 g/mol. The van der Waals surface area contributed by atoms with Crippen molar-refractivity contribution < 1.29 is 4.79 Å². The van der Waals surface area contributed by atoms with Crippen molar-refractivity contribution in [2.75, 3.05) is 19.6 Å². The second kappa shape index (κ2) is 5.86. The van der Waals surface area contributed by atoms with Gasteiger partial charge in [-0.25, -0.2) is 0 Å². The summed E-state index contributed by atoms with van der Waals surface area (Å²) in [6.07, 6.45) is 4.99. The van der Waals surface area contributed by atoms with Crippen LogP contribution in [0.5, 0.6) is 0 Å². The van der Waals surface area contributed by atoms with Gasteiger partial charge in [0, 0.05) is 24.0 Å². The summed E-state index contributed by atoms with van der Waals surface area (Å²) in [4.78, 5) is 16.9. The Labute approximate surface area is 125 Å². The molecule has 3 heterocycles. The molecule has 20 heavy (non-hydrogen) atoms. The molecule has 1 amide bonds. The Kier molecular flexibility index (Phi) is 4.13. The van der Waals surface area contributed by atoms with E-state index in [1.165, 1.54) is 29.7 Å². The van der Waals surface area contributed by atoms with E-state index in [1.807, 2.05) is 0 Å². The zero-order valence-electron chi connectivity index (χ0n) is 12.4. The van der Waals surface area contributed by atoms with Crippen molar-refractivity contribution >= 4 is 17.2 Å². The Bertz CT molecular complexity index is 471. The van der Waals surface area contributed by atoms with Crippen LogP contribution in [0.3, 0.4) is 0 Å². The number of likely N-dealkylation sites (tertiary alicyclic amines) is 1. The Morgan fingerprint density at radius 2 is 2.20 bits per heavy atom. The number of rotatable bonds is 2. The fourth-order valence-electron chi connectivity index (χ4n) is 3.47. The van der Waals surface area contributed by atoms with Gasteiger partial charge in [-0.1, -0.05) is 0 Å². The van der Waals surface area contributed by atoms with E-state index >= 15 is 0 Å². The van der Waals surface area contributed by atoms with Gasteiger partial charge in [-0.05, 0) is 63.6 Å². The molecule has 2 fully saturated rings. The monoisotopic (exact) mass is 292 g/mol. The smallest absolute Gasteiger partial charge is 0.263 e. The number of aryl methyl sites for hydroxylation is 2. The van der Waals surface area contributed by atoms with E-state index in [2.05, 4.69) is 30.1 Å². The zero-order chi connectivity index (χ0) is 14.1. The average Bonchev–Trinajstić information content (AvgIpc) is 3.09. The lowest BCUT2D eigenvalue weighted by molar-refractivity contribution is 0.0656. The van der Waals surface area contributed by atoms with Crippen LogP contribution >= 0.6 is 11.3 Å². The Morgan fingerprint density at radius 3 is 2.85 bits per heavy atom. The molecule has 2 aliphatic heterocycles. The summed E-state index contributed by atoms with van der Waals surface area (Å²) >= 11 is 1.64. The Balaban J connectivity index is 1.68. The molecule has 4 heteroatoms. The van der Waals surface area contributed by atoms with E-state index in [1.54, 1.807) is 11.3 Å². The molecule has 110 valence electrons. The number of hydrogen-bond acceptors (Lipinski definition) is 3. The molecule has 0 spiro atoms. The van der Waals surface area contributed by atoms with Crippen molar-refractivity contribution in [2.45, 2.75) is 45.6 Å². The SMILES string of the molecule is Cc1cc(C(=O)N2CCCC(C3CCCN3)C2)sc1C. The summed E-state index contributed by atoms with van der Waals surface area (Å²) in [5, 5.41) is 3.60. The number of piperidine rings is 1. The van der Waals surface area contributed by atoms with Gasteiger partial charge in [0.2, 0.25) is 0 Å². The molecule has 0 aliphatic carbocycles. The van der Waals surface area contributed by atoms with Crippen LogP contribution in [0.4, 0.5) is 0 Å². The third-order valence-electron chi connectivity index (χ3n) is 4.79. The van der Waals surface area contributed by atoms with E-state index in [0.29, 0.717) is 12.0 Å². The lowest BCUT2D eigenvalue weighted by Crippen LogP contribution is -2.45. The van der Waals surface area contributed by atoms with Gasteiger partial charge in [-0.3, -0.25) is 4.79 Å². The number of nitrogens with zero attached hydrogens (tertiary/aromatic N) is 1. The first-order valence-electron chi connectivity index (χ1n) is 7.75. The minimum Gasteiger partial charge on any atom is -0.338 e. The van der Waals surface area contributed by atoms with Gasteiger partial charge < -0.3 is 10.2 Å². The van der Waals surface area contributed by atoms with E-state index in [-0.39, 0.29) is 5.91 Å². The Hall–Kier alpha value is -0.870. The molecule has 3 nitrogen and oxygen atoms in total. The third kappa shape index (κ3) is 2.77. The van der Waals surface area contributed by atoms with Gasteiger partial charge in [0.15, 0.2) is 0 Å². The maximum absolute atomic E-state index is 12.6. The van der Waals surface area contributed by atoms with Gasteiger partial charge in [0.1, 0.15) is 0 Å². The van der Waals surface area contributed by atoms with Crippen LogP contribution in [0.1, 0.15) is 45.8 Å². The normalized spacial score (nSPS) is 27.0. The third-order valence-corrected chi connectivity index (χ3v) is 5.93. The maximum atomic E-state index is 12.6. The number of amides is 1. The first-order valence-corrected chi connectivity index (χ1v) is 8.56. The molecule has 0 saturated carbocycles. The van der Waals surface area contributed by atoms with Crippen LogP contribution in [-0.2, 0) is 0 Å². The predicted octanol–water partition coefficient (Wildman–Crippen LogP) is 2.97. The second-order valence-corrected chi connectivity index (χ2v) is 7.46. The van der Waals surface area contributed by atoms with Gasteiger partial charge in [0.05, 0.1) is 4.88 Å². The molecular weight excluding hydrogens is 268 g/mol. The minimum atomic E-state index is 0.244. The molecule has 1 N–H and O–H groups in total. The van der Waals surface area contributed by atoms with E-state index in [9.17, 15) is 4.79 Å². The standard InChI is InChI=1S/C16H24N2OS/c1-11-9-15(20-12(11)2)16(19)18-8-4-5-13(10-18)14-6-3-7-17-14/h9,13-14,17H,3-8,10H2,1-2H3. The van der Waals surface area contributed by atoms with Gasteiger partial charge in [0.25, 0.3) is 5.91 Å². The van der Waals surface area contributed by atoms with Gasteiger partial charge in [-0.2, -0.15) is 0 Å². The predicted molar refractivity (Wildman–Crippen MR) is 83.4 cm³/mol. The highest BCUT2D eigenvalue weighted by molar-refractivity contribution is 7.14. The van der Waals surface area contributed by atoms with Crippen molar-refractivity contribution in [3.8, 4) is 0 Å². The molecule has 2 atom stereocenters. The fourth-order valence-corrected chi connectivity index (χ4v) is 4.47. The summed E-state index contributed by atoms with van der Waals surface area (Å²) < 4.78 is 0. The van der Waals surface area contributed by atoms with Crippen LogP contribution in [0, 0.1) is 19.8 Å². The quantitative estimate of drug-likeness (QED) is 0.909. The molecule has 1 aromatic rings. The number of hydrogen-bond donors (Lipinski definition) is 1. The van der Waals surface area contributed by atoms with E-state index in [4.69, 9.17) is 0 Å². The summed E-state index contributed by atoms with van der Waals surface area (Å²) in [6.45, 7) is 7.20. The molecule has 1 aromatic heterocycles. The van der Waals surface area contributed by atoms with Crippen molar-refractivity contribution in [1.82, 2.24) is 10.2 Å². The largest absolute Gasteiger partial charge is 0.338 e.